The number of hydrogen-bond acceptors (Lipinski definition) is 1. The molecule has 0 aromatic carbocycles. The van der Waals surface area contributed by atoms with Gasteiger partial charge in [0.2, 0.25) is 6.43 Å². The van der Waals surface area contributed by atoms with Crippen molar-refractivity contribution < 1.29 is 13.0 Å². The van der Waals surface area contributed by atoms with Crippen LogP contribution in [0.2, 0.25) is 0 Å². The SMILES string of the molecule is O=S(CC(F)F)C1CCC1. The largest absolute Gasteiger partial charge is 0.259 e. The molecule has 0 spiro atoms. The molecule has 10 heavy (non-hydrogen) atoms. The highest BCUT2D eigenvalue weighted by atomic mass is 32.2. The third-order valence-corrected chi connectivity index (χ3v) is 3.51. The van der Waals surface area contributed by atoms with Crippen LogP contribution < -0.4 is 0 Å². The van der Waals surface area contributed by atoms with Gasteiger partial charge in [-0.2, -0.15) is 0 Å². The Hall–Kier alpha value is 0.01000. The zero-order valence-electron chi connectivity index (χ0n) is 5.56. The Labute approximate surface area is 61.3 Å². The molecule has 1 saturated carbocycles. The summed E-state index contributed by atoms with van der Waals surface area (Å²) in [6, 6.07) is 0. The lowest BCUT2D eigenvalue weighted by molar-refractivity contribution is 0.175. The van der Waals surface area contributed by atoms with E-state index in [1.54, 1.807) is 0 Å². The van der Waals surface area contributed by atoms with Crippen LogP contribution in [0.15, 0.2) is 0 Å². The zero-order chi connectivity index (χ0) is 7.56. The summed E-state index contributed by atoms with van der Waals surface area (Å²) in [4.78, 5) is 0. The first kappa shape index (κ1) is 8.11. The molecule has 0 heterocycles. The van der Waals surface area contributed by atoms with Gasteiger partial charge in [0.25, 0.3) is 0 Å². The van der Waals surface area contributed by atoms with Crippen LogP contribution >= 0.6 is 0 Å². The lowest BCUT2D eigenvalue weighted by atomic mass is 10.0. The first-order valence-corrected chi connectivity index (χ1v) is 4.73. The van der Waals surface area contributed by atoms with Gasteiger partial charge in [0.1, 0.15) is 0 Å². The Morgan fingerprint density at radius 3 is 2.40 bits per heavy atom. The van der Waals surface area contributed by atoms with Crippen molar-refractivity contribution in [1.29, 1.82) is 0 Å². The molecule has 0 saturated heterocycles. The van der Waals surface area contributed by atoms with Crippen LogP contribution in [0, 0.1) is 0 Å². The Kier molecular flexibility index (Phi) is 2.77. The third kappa shape index (κ3) is 2.01. The number of alkyl halides is 2. The van der Waals surface area contributed by atoms with E-state index in [4.69, 9.17) is 0 Å². The molecule has 1 rings (SSSR count). The first-order valence-electron chi connectivity index (χ1n) is 3.35. The summed E-state index contributed by atoms with van der Waals surface area (Å²) < 4.78 is 34.1. The highest BCUT2D eigenvalue weighted by molar-refractivity contribution is 7.85. The molecule has 0 aliphatic heterocycles. The lowest BCUT2D eigenvalue weighted by Crippen LogP contribution is -2.27. The molecule has 1 unspecified atom stereocenters. The Balaban J connectivity index is 2.20. The van der Waals surface area contributed by atoms with Crippen LogP contribution in [0.1, 0.15) is 19.3 Å². The van der Waals surface area contributed by atoms with Crippen molar-refractivity contribution in [1.82, 2.24) is 0 Å². The van der Waals surface area contributed by atoms with Crippen molar-refractivity contribution in [3.8, 4) is 0 Å². The fourth-order valence-corrected chi connectivity index (χ4v) is 2.27. The van der Waals surface area contributed by atoms with E-state index in [0.29, 0.717) is 0 Å². The number of halogens is 2. The molecule has 0 bridgehead atoms. The maximum atomic E-state index is 11.6. The molecule has 4 heteroatoms. The summed E-state index contributed by atoms with van der Waals surface area (Å²) >= 11 is 0. The topological polar surface area (TPSA) is 17.1 Å². The van der Waals surface area contributed by atoms with Gasteiger partial charge in [-0.1, -0.05) is 6.42 Å². The molecule has 0 N–H and O–H groups in total. The Bertz CT molecular complexity index is 134. The van der Waals surface area contributed by atoms with E-state index < -0.39 is 23.0 Å². The second-order valence-electron chi connectivity index (χ2n) is 2.49. The first-order chi connectivity index (χ1) is 4.70. The van der Waals surface area contributed by atoms with Gasteiger partial charge in [0.15, 0.2) is 0 Å². The second-order valence-corrected chi connectivity index (χ2v) is 4.25. The maximum absolute atomic E-state index is 11.6. The van der Waals surface area contributed by atoms with Gasteiger partial charge < -0.3 is 0 Å². The molecule has 1 nitrogen and oxygen atoms in total. The number of hydrogen-bond donors (Lipinski definition) is 0. The normalized spacial score (nSPS) is 22.7. The quantitative estimate of drug-likeness (QED) is 0.625. The van der Waals surface area contributed by atoms with Crippen molar-refractivity contribution in [2.45, 2.75) is 30.9 Å². The fourth-order valence-electron chi connectivity index (χ4n) is 0.894. The molecule has 1 aliphatic carbocycles. The lowest BCUT2D eigenvalue weighted by Gasteiger charge is -2.23. The smallest absolute Gasteiger partial charge is 0.250 e. The van der Waals surface area contributed by atoms with Gasteiger partial charge in [-0.05, 0) is 12.8 Å². The molecular formula is C6H10F2OS. The molecule has 1 atom stereocenters. The van der Waals surface area contributed by atoms with E-state index in [0.717, 1.165) is 19.3 Å². The fraction of sp³-hybridized carbons (Fsp3) is 1.00. The minimum Gasteiger partial charge on any atom is -0.259 e. The third-order valence-electron chi connectivity index (χ3n) is 1.71. The predicted molar refractivity (Wildman–Crippen MR) is 36.7 cm³/mol. The van der Waals surface area contributed by atoms with Crippen LogP contribution in [-0.2, 0) is 10.8 Å². The molecular weight excluding hydrogens is 158 g/mol. The summed E-state index contributed by atoms with van der Waals surface area (Å²) in [5.41, 5.74) is 0. The van der Waals surface area contributed by atoms with Crippen LogP contribution in [0.25, 0.3) is 0 Å². The Morgan fingerprint density at radius 1 is 1.50 bits per heavy atom. The second kappa shape index (κ2) is 3.42. The van der Waals surface area contributed by atoms with E-state index in [1.165, 1.54) is 0 Å². The monoisotopic (exact) mass is 168 g/mol. The van der Waals surface area contributed by atoms with Crippen molar-refractivity contribution in [2.24, 2.45) is 0 Å². The molecule has 60 valence electrons. The molecule has 1 fully saturated rings. The standard InChI is InChI=1S/C6H10F2OS/c7-6(8)4-10(9)5-2-1-3-5/h5-6H,1-4H2. The summed E-state index contributed by atoms with van der Waals surface area (Å²) in [6.07, 6.45) is 0.402. The van der Waals surface area contributed by atoms with E-state index in [1.807, 2.05) is 0 Å². The predicted octanol–water partition coefficient (Wildman–Crippen LogP) is 1.55. The molecule has 0 aromatic rings. The average molecular weight is 168 g/mol. The minimum absolute atomic E-state index is 0.0778. The van der Waals surface area contributed by atoms with Gasteiger partial charge in [0.05, 0.1) is 5.75 Å². The van der Waals surface area contributed by atoms with Crippen LogP contribution in [0.3, 0.4) is 0 Å². The van der Waals surface area contributed by atoms with Crippen molar-refractivity contribution in [3.05, 3.63) is 0 Å². The van der Waals surface area contributed by atoms with Crippen molar-refractivity contribution >= 4 is 10.8 Å². The van der Waals surface area contributed by atoms with Crippen LogP contribution in [0.5, 0.6) is 0 Å². The molecule has 0 amide bonds. The van der Waals surface area contributed by atoms with E-state index in [-0.39, 0.29) is 5.25 Å². The zero-order valence-corrected chi connectivity index (χ0v) is 6.37. The van der Waals surface area contributed by atoms with Crippen molar-refractivity contribution in [2.75, 3.05) is 5.75 Å². The average Bonchev–Trinajstić information content (AvgIpc) is 1.55. The summed E-state index contributed by atoms with van der Waals surface area (Å²) in [5.74, 6) is -0.426. The van der Waals surface area contributed by atoms with E-state index >= 15 is 0 Å². The minimum atomic E-state index is -2.40. The molecule has 0 aromatic heterocycles. The van der Waals surface area contributed by atoms with Gasteiger partial charge in [-0.15, -0.1) is 0 Å². The van der Waals surface area contributed by atoms with Crippen LogP contribution in [0.4, 0.5) is 8.78 Å². The number of rotatable bonds is 3. The Morgan fingerprint density at radius 2 is 2.10 bits per heavy atom. The summed E-state index contributed by atoms with van der Waals surface area (Å²) in [7, 11) is -1.26. The van der Waals surface area contributed by atoms with Crippen molar-refractivity contribution in [3.63, 3.8) is 0 Å². The molecule has 0 radical (unpaired) electrons. The summed E-state index contributed by atoms with van der Waals surface area (Å²) in [5, 5.41) is 0.0778. The van der Waals surface area contributed by atoms with E-state index in [9.17, 15) is 13.0 Å². The highest BCUT2D eigenvalue weighted by Gasteiger charge is 2.25. The van der Waals surface area contributed by atoms with E-state index in [2.05, 4.69) is 0 Å². The summed E-state index contributed by atoms with van der Waals surface area (Å²) in [6.45, 7) is 0. The van der Waals surface area contributed by atoms with Gasteiger partial charge in [-0.3, -0.25) is 4.21 Å². The maximum Gasteiger partial charge on any atom is 0.250 e. The highest BCUT2D eigenvalue weighted by Crippen LogP contribution is 2.24. The van der Waals surface area contributed by atoms with Gasteiger partial charge in [-0.25, -0.2) is 8.78 Å². The van der Waals surface area contributed by atoms with Gasteiger partial charge >= 0.3 is 0 Å². The van der Waals surface area contributed by atoms with Crippen LogP contribution in [-0.4, -0.2) is 21.6 Å². The van der Waals surface area contributed by atoms with Gasteiger partial charge in [0, 0.05) is 16.0 Å². The molecule has 1 aliphatic rings.